The molecular formula is C16H11ClFNO4S. The van der Waals surface area contributed by atoms with Crippen molar-refractivity contribution in [1.82, 2.24) is 0 Å². The van der Waals surface area contributed by atoms with E-state index in [1.807, 2.05) is 0 Å². The Labute approximate surface area is 143 Å². The van der Waals surface area contributed by atoms with Crippen LogP contribution in [0.15, 0.2) is 59.5 Å². The minimum atomic E-state index is -4.79. The summed E-state index contributed by atoms with van der Waals surface area (Å²) in [6.45, 7) is 0. The van der Waals surface area contributed by atoms with Gasteiger partial charge in [-0.1, -0.05) is 54.1 Å². The predicted octanol–water partition coefficient (Wildman–Crippen LogP) is 4.63. The van der Waals surface area contributed by atoms with Gasteiger partial charge in [0.1, 0.15) is 0 Å². The number of allylic oxidation sites excluding steroid dienone is 2. The third-order valence-corrected chi connectivity index (χ3v) is 4.15. The van der Waals surface area contributed by atoms with Gasteiger partial charge >= 0.3 is 10.2 Å². The van der Waals surface area contributed by atoms with E-state index in [9.17, 15) is 22.4 Å². The highest BCUT2D eigenvalue weighted by Gasteiger charge is 2.12. The molecule has 0 heterocycles. The first-order valence-electron chi connectivity index (χ1n) is 6.61. The fourth-order valence-electron chi connectivity index (χ4n) is 1.86. The highest BCUT2D eigenvalue weighted by atomic mass is 35.5. The Hall–Kier alpha value is -2.51. The number of nitro benzene ring substituents is 1. The summed E-state index contributed by atoms with van der Waals surface area (Å²) < 4.78 is 34.4. The van der Waals surface area contributed by atoms with Crippen LogP contribution in [-0.4, -0.2) is 13.3 Å². The number of hydrogen-bond acceptors (Lipinski definition) is 4. The highest BCUT2D eigenvalue weighted by Crippen LogP contribution is 2.23. The van der Waals surface area contributed by atoms with Crippen LogP contribution in [-0.2, 0) is 10.2 Å². The second-order valence-corrected chi connectivity index (χ2v) is 6.45. The number of nitro groups is 1. The lowest BCUT2D eigenvalue weighted by molar-refractivity contribution is -0.384. The molecular weight excluding hydrogens is 357 g/mol. The summed E-state index contributed by atoms with van der Waals surface area (Å²) in [6, 6.07) is 9.64. The Balaban J connectivity index is 2.14. The molecule has 0 aliphatic heterocycles. The van der Waals surface area contributed by atoms with E-state index in [4.69, 9.17) is 11.6 Å². The van der Waals surface area contributed by atoms with Crippen LogP contribution < -0.4 is 0 Å². The largest absolute Gasteiger partial charge is 0.332 e. The topological polar surface area (TPSA) is 77.3 Å². The van der Waals surface area contributed by atoms with Crippen molar-refractivity contribution in [2.45, 2.75) is 4.90 Å². The molecule has 0 radical (unpaired) electrons. The van der Waals surface area contributed by atoms with Crippen LogP contribution >= 0.6 is 11.6 Å². The van der Waals surface area contributed by atoms with Crippen LogP contribution in [0, 0.1) is 10.1 Å². The van der Waals surface area contributed by atoms with Crippen molar-refractivity contribution >= 4 is 39.7 Å². The van der Waals surface area contributed by atoms with Crippen LogP contribution in [0.25, 0.3) is 12.2 Å². The Morgan fingerprint density at radius 3 is 2.42 bits per heavy atom. The fraction of sp³-hybridized carbons (Fsp3) is 0. The van der Waals surface area contributed by atoms with E-state index in [1.165, 1.54) is 18.2 Å². The third kappa shape index (κ3) is 4.74. The van der Waals surface area contributed by atoms with Crippen LogP contribution in [0.1, 0.15) is 11.1 Å². The maximum Gasteiger partial charge on any atom is 0.332 e. The first-order valence-corrected chi connectivity index (χ1v) is 8.37. The summed E-state index contributed by atoms with van der Waals surface area (Å²) in [7, 11) is -4.79. The number of halogens is 2. The SMILES string of the molecule is O=[N+]([O-])c1cccc(/C=C/C=C\c2ccc(S(=O)(=O)F)cc2Cl)c1. The molecule has 2 aromatic carbocycles. The summed E-state index contributed by atoms with van der Waals surface area (Å²) in [5, 5.41) is 10.8. The standard InChI is InChI=1S/C16H11ClFNO4S/c17-16-11-15(24(18,22)23)9-8-13(16)6-2-1-4-12-5-3-7-14(10-12)19(20)21/h1-11H/b4-1+,6-2-. The predicted molar refractivity (Wildman–Crippen MR) is 90.9 cm³/mol. The van der Waals surface area contributed by atoms with Crippen molar-refractivity contribution in [3.63, 3.8) is 0 Å². The Kier molecular flexibility index (Phi) is 5.48. The Morgan fingerprint density at radius 1 is 1.08 bits per heavy atom. The van der Waals surface area contributed by atoms with Gasteiger partial charge in [0.25, 0.3) is 5.69 Å². The normalized spacial score (nSPS) is 12.1. The zero-order valence-electron chi connectivity index (χ0n) is 12.1. The van der Waals surface area contributed by atoms with Gasteiger partial charge in [-0.15, -0.1) is 3.89 Å². The summed E-state index contributed by atoms with van der Waals surface area (Å²) in [5.41, 5.74) is 1.15. The molecule has 0 bridgehead atoms. The smallest absolute Gasteiger partial charge is 0.258 e. The van der Waals surface area contributed by atoms with Gasteiger partial charge in [-0.05, 0) is 23.3 Å². The molecule has 124 valence electrons. The molecule has 0 N–H and O–H groups in total. The minimum Gasteiger partial charge on any atom is -0.258 e. The molecule has 0 spiro atoms. The number of hydrogen-bond donors (Lipinski definition) is 0. The number of non-ortho nitro benzene ring substituents is 1. The number of nitrogens with zero attached hydrogens (tertiary/aromatic N) is 1. The average Bonchev–Trinajstić information content (AvgIpc) is 2.52. The first kappa shape index (κ1) is 17.8. The van der Waals surface area contributed by atoms with E-state index in [2.05, 4.69) is 0 Å². The molecule has 0 amide bonds. The van der Waals surface area contributed by atoms with Crippen molar-refractivity contribution < 1.29 is 17.2 Å². The number of benzene rings is 2. The quantitative estimate of drug-likeness (QED) is 0.334. The molecule has 0 atom stereocenters. The van der Waals surface area contributed by atoms with Gasteiger partial charge < -0.3 is 0 Å². The highest BCUT2D eigenvalue weighted by molar-refractivity contribution is 7.86. The van der Waals surface area contributed by atoms with E-state index in [0.717, 1.165) is 12.1 Å². The molecule has 0 aliphatic carbocycles. The lowest BCUT2D eigenvalue weighted by Crippen LogP contribution is -1.91. The van der Waals surface area contributed by atoms with Crippen molar-refractivity contribution in [2.24, 2.45) is 0 Å². The van der Waals surface area contributed by atoms with E-state index >= 15 is 0 Å². The molecule has 0 unspecified atom stereocenters. The molecule has 2 aromatic rings. The minimum absolute atomic E-state index is 0.00723. The second kappa shape index (κ2) is 7.37. The second-order valence-electron chi connectivity index (χ2n) is 4.69. The molecule has 0 saturated heterocycles. The maximum absolute atomic E-state index is 12.9. The van der Waals surface area contributed by atoms with Gasteiger partial charge in [0.15, 0.2) is 0 Å². The van der Waals surface area contributed by atoms with E-state index in [1.54, 1.807) is 36.4 Å². The van der Waals surface area contributed by atoms with E-state index < -0.39 is 20.0 Å². The monoisotopic (exact) mass is 367 g/mol. The van der Waals surface area contributed by atoms with Crippen molar-refractivity contribution in [1.29, 1.82) is 0 Å². The van der Waals surface area contributed by atoms with Crippen LogP contribution in [0.4, 0.5) is 9.57 Å². The van der Waals surface area contributed by atoms with Gasteiger partial charge in [-0.25, -0.2) is 0 Å². The lowest BCUT2D eigenvalue weighted by Gasteiger charge is -2.00. The van der Waals surface area contributed by atoms with Crippen LogP contribution in [0.5, 0.6) is 0 Å². The van der Waals surface area contributed by atoms with Gasteiger partial charge in [0, 0.05) is 17.2 Å². The van der Waals surface area contributed by atoms with Crippen molar-refractivity contribution in [3.05, 3.63) is 80.9 Å². The van der Waals surface area contributed by atoms with Crippen LogP contribution in [0.2, 0.25) is 5.02 Å². The third-order valence-electron chi connectivity index (χ3n) is 3.01. The summed E-state index contributed by atoms with van der Waals surface area (Å²) in [4.78, 5) is 9.71. The molecule has 0 aliphatic rings. The molecule has 2 rings (SSSR count). The summed E-state index contributed by atoms with van der Waals surface area (Å²) in [5.74, 6) is 0. The Morgan fingerprint density at radius 2 is 1.79 bits per heavy atom. The number of rotatable bonds is 5. The van der Waals surface area contributed by atoms with E-state index in [-0.39, 0.29) is 10.7 Å². The summed E-state index contributed by atoms with van der Waals surface area (Å²) >= 11 is 5.91. The maximum atomic E-state index is 12.9. The molecule has 0 fully saturated rings. The van der Waals surface area contributed by atoms with Crippen molar-refractivity contribution in [3.8, 4) is 0 Å². The van der Waals surface area contributed by atoms with E-state index in [0.29, 0.717) is 11.1 Å². The van der Waals surface area contributed by atoms with Gasteiger partial charge in [0.05, 0.1) is 9.82 Å². The average molecular weight is 368 g/mol. The first-order chi connectivity index (χ1) is 11.3. The van der Waals surface area contributed by atoms with Gasteiger partial charge in [-0.3, -0.25) is 10.1 Å². The molecule has 0 aromatic heterocycles. The van der Waals surface area contributed by atoms with Crippen LogP contribution in [0.3, 0.4) is 0 Å². The zero-order valence-corrected chi connectivity index (χ0v) is 13.7. The Bertz CT molecular complexity index is 939. The summed E-state index contributed by atoms with van der Waals surface area (Å²) in [6.07, 6.45) is 6.54. The molecule has 8 heteroatoms. The molecule has 5 nitrogen and oxygen atoms in total. The van der Waals surface area contributed by atoms with Crippen molar-refractivity contribution in [2.75, 3.05) is 0 Å². The van der Waals surface area contributed by atoms with Gasteiger partial charge in [-0.2, -0.15) is 8.42 Å². The molecule has 24 heavy (non-hydrogen) atoms. The zero-order chi connectivity index (χ0) is 17.7. The molecule has 0 saturated carbocycles. The van der Waals surface area contributed by atoms with Gasteiger partial charge in [0.2, 0.25) is 0 Å². The fourth-order valence-corrected chi connectivity index (χ4v) is 2.66. The lowest BCUT2D eigenvalue weighted by atomic mass is 10.1.